The van der Waals surface area contributed by atoms with Crippen molar-refractivity contribution in [3.8, 4) is 5.40 Å². The van der Waals surface area contributed by atoms with E-state index in [-0.39, 0.29) is 11.8 Å². The summed E-state index contributed by atoms with van der Waals surface area (Å²) in [6.07, 6.45) is 0. The first kappa shape index (κ1) is 13.3. The molecule has 0 aliphatic rings. The standard InChI is InChI=1S/C7H2N4O6S/c8-3-18-7-5(10(14)15)1-4(9(12)13)2-6(7)11(16)17/h1-2H. The van der Waals surface area contributed by atoms with Crippen LogP contribution in [0.2, 0.25) is 0 Å². The molecule has 0 aliphatic heterocycles. The molecule has 1 rings (SSSR count). The molecule has 0 saturated carbocycles. The minimum atomic E-state index is -1.01. The van der Waals surface area contributed by atoms with Gasteiger partial charge in [-0.05, 0) is 0 Å². The third-order valence-corrected chi connectivity index (χ3v) is 2.50. The first-order chi connectivity index (χ1) is 8.38. The fourth-order valence-electron chi connectivity index (χ4n) is 1.11. The molecule has 0 fully saturated rings. The summed E-state index contributed by atoms with van der Waals surface area (Å²) in [5.74, 6) is 0. The van der Waals surface area contributed by atoms with E-state index < -0.39 is 36.7 Å². The molecule has 0 bridgehead atoms. The number of hydrogen-bond donors (Lipinski definition) is 0. The second-order valence-corrected chi connectivity index (χ2v) is 3.57. The highest BCUT2D eigenvalue weighted by Gasteiger charge is 2.30. The number of non-ortho nitro benzene ring substituents is 1. The average Bonchev–Trinajstić information content (AvgIpc) is 2.28. The zero-order chi connectivity index (χ0) is 13.9. The van der Waals surface area contributed by atoms with Crippen molar-refractivity contribution >= 4 is 28.8 Å². The van der Waals surface area contributed by atoms with Gasteiger partial charge in [0.25, 0.3) is 17.1 Å². The maximum Gasteiger partial charge on any atom is 0.297 e. The number of rotatable bonds is 4. The van der Waals surface area contributed by atoms with Gasteiger partial charge in [0.1, 0.15) is 5.40 Å². The zero-order valence-electron chi connectivity index (χ0n) is 8.30. The summed E-state index contributed by atoms with van der Waals surface area (Å²) in [6, 6.07) is 1.15. The Kier molecular flexibility index (Phi) is 3.75. The Hall–Kier alpha value is -2.74. The van der Waals surface area contributed by atoms with Crippen molar-refractivity contribution in [1.82, 2.24) is 0 Å². The van der Waals surface area contributed by atoms with Crippen LogP contribution in [0.3, 0.4) is 0 Å². The minimum Gasteiger partial charge on any atom is -0.258 e. The van der Waals surface area contributed by atoms with Crippen LogP contribution in [0.1, 0.15) is 0 Å². The van der Waals surface area contributed by atoms with Gasteiger partial charge in [0.05, 0.1) is 26.9 Å². The number of nitriles is 1. The molecule has 0 N–H and O–H groups in total. The lowest BCUT2D eigenvalue weighted by Crippen LogP contribution is -1.99. The molecular weight excluding hydrogens is 268 g/mol. The van der Waals surface area contributed by atoms with E-state index in [1.807, 2.05) is 0 Å². The third-order valence-electron chi connectivity index (χ3n) is 1.79. The third kappa shape index (κ3) is 2.50. The fraction of sp³-hybridized carbons (Fsp3) is 0. The maximum absolute atomic E-state index is 10.7. The van der Waals surface area contributed by atoms with Crippen molar-refractivity contribution in [2.24, 2.45) is 0 Å². The first-order valence-corrected chi connectivity index (χ1v) is 4.87. The number of hydrogen-bond acceptors (Lipinski definition) is 8. The Labute approximate surface area is 102 Å². The molecule has 0 aliphatic carbocycles. The molecule has 0 heterocycles. The Morgan fingerprint density at radius 2 is 1.44 bits per heavy atom. The Morgan fingerprint density at radius 3 is 1.72 bits per heavy atom. The van der Waals surface area contributed by atoms with E-state index in [0.717, 1.165) is 0 Å². The van der Waals surface area contributed by atoms with Crippen LogP contribution in [-0.2, 0) is 0 Å². The number of nitrogens with zero attached hydrogens (tertiary/aromatic N) is 4. The Morgan fingerprint density at radius 1 is 1.00 bits per heavy atom. The number of nitro groups is 3. The summed E-state index contributed by atoms with van der Waals surface area (Å²) in [5, 5.41) is 41.8. The van der Waals surface area contributed by atoms with E-state index in [9.17, 15) is 30.3 Å². The topological polar surface area (TPSA) is 153 Å². The van der Waals surface area contributed by atoms with E-state index in [0.29, 0.717) is 12.1 Å². The van der Waals surface area contributed by atoms with Crippen LogP contribution >= 0.6 is 11.8 Å². The van der Waals surface area contributed by atoms with Gasteiger partial charge >= 0.3 is 0 Å². The highest BCUT2D eigenvalue weighted by Crippen LogP contribution is 2.40. The molecule has 92 valence electrons. The quantitative estimate of drug-likeness (QED) is 0.348. The monoisotopic (exact) mass is 270 g/mol. The van der Waals surface area contributed by atoms with E-state index in [2.05, 4.69) is 0 Å². The summed E-state index contributed by atoms with van der Waals surface area (Å²) in [5.41, 5.74) is -2.47. The van der Waals surface area contributed by atoms with Gasteiger partial charge in [0, 0.05) is 11.8 Å². The van der Waals surface area contributed by atoms with Crippen LogP contribution < -0.4 is 0 Å². The van der Waals surface area contributed by atoms with Crippen molar-refractivity contribution < 1.29 is 14.8 Å². The van der Waals surface area contributed by atoms with Gasteiger partial charge in [0.2, 0.25) is 0 Å². The van der Waals surface area contributed by atoms with Crippen molar-refractivity contribution in [2.45, 2.75) is 4.90 Å². The zero-order valence-corrected chi connectivity index (χ0v) is 9.12. The van der Waals surface area contributed by atoms with Crippen LogP contribution in [0.25, 0.3) is 0 Å². The van der Waals surface area contributed by atoms with Gasteiger partial charge in [-0.25, -0.2) is 0 Å². The lowest BCUT2D eigenvalue weighted by molar-refractivity contribution is -0.407. The Bertz CT molecular complexity index is 559. The molecular formula is C7H2N4O6S. The van der Waals surface area contributed by atoms with Crippen LogP contribution in [-0.4, -0.2) is 14.8 Å². The summed E-state index contributed by atoms with van der Waals surface area (Å²) in [6.45, 7) is 0. The van der Waals surface area contributed by atoms with Crippen molar-refractivity contribution in [3.63, 3.8) is 0 Å². The summed E-state index contributed by atoms with van der Waals surface area (Å²) >= 11 is 0.205. The van der Waals surface area contributed by atoms with Crippen LogP contribution in [0, 0.1) is 41.0 Å². The minimum absolute atomic E-state index is 0.205. The molecule has 1 aromatic carbocycles. The van der Waals surface area contributed by atoms with Crippen LogP contribution in [0.4, 0.5) is 17.1 Å². The molecule has 0 saturated heterocycles. The number of thiocyanates is 1. The molecule has 0 aromatic heterocycles. The number of benzene rings is 1. The summed E-state index contributed by atoms with van der Waals surface area (Å²) in [7, 11) is 0. The van der Waals surface area contributed by atoms with Crippen molar-refractivity contribution in [3.05, 3.63) is 42.5 Å². The molecule has 0 radical (unpaired) electrons. The maximum atomic E-state index is 10.7. The number of thioether (sulfide) groups is 1. The lowest BCUT2D eigenvalue weighted by atomic mass is 10.2. The predicted octanol–water partition coefficient (Wildman–Crippen LogP) is 1.98. The highest BCUT2D eigenvalue weighted by atomic mass is 32.2. The largest absolute Gasteiger partial charge is 0.297 e. The second kappa shape index (κ2) is 5.06. The molecule has 1 aromatic rings. The van der Waals surface area contributed by atoms with E-state index in [4.69, 9.17) is 5.26 Å². The van der Waals surface area contributed by atoms with E-state index >= 15 is 0 Å². The second-order valence-electron chi connectivity index (χ2n) is 2.78. The summed E-state index contributed by atoms with van der Waals surface area (Å²) in [4.78, 5) is 28.3. The molecule has 10 nitrogen and oxygen atoms in total. The van der Waals surface area contributed by atoms with E-state index in [1.54, 1.807) is 0 Å². The molecule has 18 heavy (non-hydrogen) atoms. The first-order valence-electron chi connectivity index (χ1n) is 4.05. The van der Waals surface area contributed by atoms with Gasteiger partial charge in [-0.3, -0.25) is 30.3 Å². The molecule has 0 unspecified atom stereocenters. The van der Waals surface area contributed by atoms with Gasteiger partial charge in [0.15, 0.2) is 4.90 Å². The van der Waals surface area contributed by atoms with Gasteiger partial charge in [-0.15, -0.1) is 0 Å². The van der Waals surface area contributed by atoms with Crippen LogP contribution in [0.15, 0.2) is 17.0 Å². The van der Waals surface area contributed by atoms with Crippen LogP contribution in [0.5, 0.6) is 0 Å². The highest BCUT2D eigenvalue weighted by molar-refractivity contribution is 8.04. The molecule has 0 amide bonds. The van der Waals surface area contributed by atoms with Crippen molar-refractivity contribution in [2.75, 3.05) is 0 Å². The predicted molar refractivity (Wildman–Crippen MR) is 57.9 cm³/mol. The van der Waals surface area contributed by atoms with E-state index in [1.165, 1.54) is 5.40 Å². The average molecular weight is 270 g/mol. The van der Waals surface area contributed by atoms with Gasteiger partial charge in [-0.1, -0.05) is 0 Å². The summed E-state index contributed by atoms with van der Waals surface area (Å²) < 4.78 is 0. The fourth-order valence-corrected chi connectivity index (χ4v) is 1.68. The normalized spacial score (nSPS) is 9.50. The van der Waals surface area contributed by atoms with Crippen molar-refractivity contribution in [1.29, 1.82) is 5.26 Å². The lowest BCUT2D eigenvalue weighted by Gasteiger charge is -1.99. The molecule has 11 heteroatoms. The van der Waals surface area contributed by atoms with Gasteiger partial charge < -0.3 is 0 Å². The molecule has 0 atom stereocenters. The smallest absolute Gasteiger partial charge is 0.258 e. The molecule has 0 spiro atoms. The number of nitro benzene ring substituents is 3. The SMILES string of the molecule is N#CSc1c([N+](=O)[O-])cc([N+](=O)[O-])cc1[N+](=O)[O-]. The van der Waals surface area contributed by atoms with Gasteiger partial charge in [-0.2, -0.15) is 5.26 Å². The Balaban J connectivity index is 3.66.